The molecule has 0 aliphatic rings. The number of hydrogen-bond acceptors (Lipinski definition) is 5. The second-order valence-corrected chi connectivity index (χ2v) is 5.64. The number of Topliss-reactive ketones (excluding diaryl/α,β-unsaturated/α-hetero) is 1. The lowest BCUT2D eigenvalue weighted by atomic mass is 10.1. The number of esters is 1. The van der Waals surface area contributed by atoms with Crippen molar-refractivity contribution in [2.45, 2.75) is 0 Å². The highest BCUT2D eigenvalue weighted by molar-refractivity contribution is 6.37. The maximum absolute atomic E-state index is 13.6. The minimum Gasteiger partial charge on any atom is -0.494 e. The van der Waals surface area contributed by atoms with Crippen LogP contribution in [0.5, 0.6) is 11.5 Å². The van der Waals surface area contributed by atoms with Gasteiger partial charge in [-0.25, -0.2) is 9.18 Å². The number of benzene rings is 2. The molecule has 0 N–H and O–H groups in total. The van der Waals surface area contributed by atoms with Crippen LogP contribution in [0.4, 0.5) is 4.39 Å². The molecule has 0 aliphatic heterocycles. The molecule has 0 aliphatic carbocycles. The molecular formula is C17H13Cl2FO5. The molecule has 2 aromatic rings. The molecule has 0 radical (unpaired) electrons. The average Bonchev–Trinajstić information content (AvgIpc) is 2.58. The molecule has 132 valence electrons. The first-order valence-electron chi connectivity index (χ1n) is 6.94. The van der Waals surface area contributed by atoms with Gasteiger partial charge in [-0.3, -0.25) is 4.79 Å². The summed E-state index contributed by atoms with van der Waals surface area (Å²) >= 11 is 11.9. The van der Waals surface area contributed by atoms with E-state index in [4.69, 9.17) is 37.4 Å². The van der Waals surface area contributed by atoms with Gasteiger partial charge in [0.15, 0.2) is 29.7 Å². The lowest BCUT2D eigenvalue weighted by Gasteiger charge is -2.09. The maximum Gasteiger partial charge on any atom is 0.338 e. The Bertz CT molecular complexity index is 800. The summed E-state index contributed by atoms with van der Waals surface area (Å²) in [5.74, 6) is -1.82. The first kappa shape index (κ1) is 19.0. The molecule has 0 saturated heterocycles. The normalized spacial score (nSPS) is 10.3. The van der Waals surface area contributed by atoms with Crippen LogP contribution in [0.3, 0.4) is 0 Å². The molecule has 0 saturated carbocycles. The minimum atomic E-state index is -0.797. The number of carbonyl (C=O) groups excluding carboxylic acids is 2. The third-order valence-corrected chi connectivity index (χ3v) is 3.81. The Morgan fingerprint density at radius 3 is 2.16 bits per heavy atom. The summed E-state index contributed by atoms with van der Waals surface area (Å²) < 4.78 is 28.3. The number of halogens is 3. The fourth-order valence-corrected chi connectivity index (χ4v) is 2.65. The van der Waals surface area contributed by atoms with E-state index in [2.05, 4.69) is 0 Å². The Hall–Kier alpha value is -2.31. The molecule has 0 unspecified atom stereocenters. The number of rotatable bonds is 6. The van der Waals surface area contributed by atoms with E-state index in [9.17, 15) is 14.0 Å². The fraction of sp³-hybridized carbons (Fsp3) is 0.176. The molecule has 0 bridgehead atoms. The molecule has 8 heteroatoms. The molecular weight excluding hydrogens is 374 g/mol. The Balaban J connectivity index is 2.07. The van der Waals surface area contributed by atoms with Gasteiger partial charge in [0.1, 0.15) is 0 Å². The van der Waals surface area contributed by atoms with Gasteiger partial charge >= 0.3 is 5.97 Å². The van der Waals surface area contributed by atoms with E-state index < -0.39 is 24.2 Å². The van der Waals surface area contributed by atoms with Crippen molar-refractivity contribution in [1.82, 2.24) is 0 Å². The third-order valence-electron chi connectivity index (χ3n) is 3.25. The summed E-state index contributed by atoms with van der Waals surface area (Å²) in [6, 6.07) is 6.32. The van der Waals surface area contributed by atoms with Crippen LogP contribution in [0.1, 0.15) is 20.7 Å². The third kappa shape index (κ3) is 4.41. The van der Waals surface area contributed by atoms with Crippen molar-refractivity contribution in [3.05, 3.63) is 57.3 Å². The summed E-state index contributed by atoms with van der Waals surface area (Å²) in [5.41, 5.74) is 0.112. The zero-order valence-corrected chi connectivity index (χ0v) is 14.8. The van der Waals surface area contributed by atoms with Gasteiger partial charge < -0.3 is 14.2 Å². The number of hydrogen-bond donors (Lipinski definition) is 0. The first-order valence-corrected chi connectivity index (χ1v) is 7.69. The molecule has 0 fully saturated rings. The molecule has 0 spiro atoms. The van der Waals surface area contributed by atoms with E-state index in [1.807, 2.05) is 0 Å². The van der Waals surface area contributed by atoms with Crippen LogP contribution in [0, 0.1) is 5.82 Å². The van der Waals surface area contributed by atoms with Crippen molar-refractivity contribution in [1.29, 1.82) is 0 Å². The van der Waals surface area contributed by atoms with Gasteiger partial charge in [0.25, 0.3) is 0 Å². The van der Waals surface area contributed by atoms with E-state index in [-0.39, 0.29) is 32.7 Å². The Morgan fingerprint density at radius 1 is 1.00 bits per heavy atom. The van der Waals surface area contributed by atoms with Crippen LogP contribution in [0.2, 0.25) is 10.0 Å². The summed E-state index contributed by atoms with van der Waals surface area (Å²) in [5, 5.41) is 0.260. The Morgan fingerprint density at radius 2 is 1.64 bits per heavy atom. The van der Waals surface area contributed by atoms with Crippen LogP contribution in [-0.4, -0.2) is 32.6 Å². The minimum absolute atomic E-state index is 0.0102. The van der Waals surface area contributed by atoms with E-state index >= 15 is 0 Å². The smallest absolute Gasteiger partial charge is 0.338 e. The number of ketones is 1. The molecule has 0 atom stereocenters. The van der Waals surface area contributed by atoms with Crippen LogP contribution in [0.25, 0.3) is 0 Å². The zero-order valence-electron chi connectivity index (χ0n) is 13.3. The molecule has 0 aromatic heterocycles. The number of carbonyl (C=O) groups is 2. The van der Waals surface area contributed by atoms with Crippen molar-refractivity contribution in [2.75, 3.05) is 20.8 Å². The van der Waals surface area contributed by atoms with Crippen molar-refractivity contribution >= 4 is 35.0 Å². The summed E-state index contributed by atoms with van der Waals surface area (Å²) in [4.78, 5) is 24.0. The van der Waals surface area contributed by atoms with E-state index in [1.54, 1.807) is 0 Å². The van der Waals surface area contributed by atoms with Crippen molar-refractivity contribution in [3.63, 3.8) is 0 Å². The second-order valence-electron chi connectivity index (χ2n) is 4.82. The molecule has 25 heavy (non-hydrogen) atoms. The van der Waals surface area contributed by atoms with Gasteiger partial charge in [-0.2, -0.15) is 0 Å². The SMILES string of the molecule is COc1ccc(C(=O)COC(=O)c2cc(Cl)c(OC)c(Cl)c2)cc1F. The van der Waals surface area contributed by atoms with E-state index in [0.29, 0.717) is 0 Å². The van der Waals surface area contributed by atoms with Crippen molar-refractivity contribution in [2.24, 2.45) is 0 Å². The highest BCUT2D eigenvalue weighted by atomic mass is 35.5. The molecule has 0 heterocycles. The van der Waals surface area contributed by atoms with Crippen LogP contribution in [-0.2, 0) is 4.74 Å². The van der Waals surface area contributed by atoms with Crippen LogP contribution < -0.4 is 9.47 Å². The van der Waals surface area contributed by atoms with Crippen LogP contribution >= 0.6 is 23.2 Å². The second kappa shape index (κ2) is 8.18. The molecule has 2 rings (SSSR count). The fourth-order valence-electron chi connectivity index (χ4n) is 2.01. The lowest BCUT2D eigenvalue weighted by molar-refractivity contribution is 0.0474. The lowest BCUT2D eigenvalue weighted by Crippen LogP contribution is -2.14. The van der Waals surface area contributed by atoms with Crippen molar-refractivity contribution in [3.8, 4) is 11.5 Å². The average molecular weight is 387 g/mol. The van der Waals surface area contributed by atoms with Gasteiger partial charge in [-0.15, -0.1) is 0 Å². The first-order chi connectivity index (χ1) is 11.9. The van der Waals surface area contributed by atoms with Crippen LogP contribution in [0.15, 0.2) is 30.3 Å². The highest BCUT2D eigenvalue weighted by Crippen LogP contribution is 2.34. The number of ether oxygens (including phenoxy) is 3. The predicted octanol–water partition coefficient (Wildman–Crippen LogP) is 4.19. The summed E-state index contributed by atoms with van der Waals surface area (Å²) in [7, 11) is 2.70. The van der Waals surface area contributed by atoms with Crippen molar-refractivity contribution < 1.29 is 28.2 Å². The predicted molar refractivity (Wildman–Crippen MR) is 90.6 cm³/mol. The standard InChI is InChI=1S/C17H13Cl2FO5/c1-23-15-4-3-9(7-13(15)20)14(21)8-25-17(22)10-5-11(18)16(24-2)12(19)6-10/h3-7H,8H2,1-2H3. The van der Waals surface area contributed by atoms with Gasteiger partial charge in [0.05, 0.1) is 29.8 Å². The number of methoxy groups -OCH3 is 2. The molecule has 2 aromatic carbocycles. The monoisotopic (exact) mass is 386 g/mol. The Kier molecular flexibility index (Phi) is 6.22. The highest BCUT2D eigenvalue weighted by Gasteiger charge is 2.17. The van der Waals surface area contributed by atoms with Gasteiger partial charge in [0, 0.05) is 5.56 Å². The van der Waals surface area contributed by atoms with Gasteiger partial charge in [-0.05, 0) is 30.3 Å². The summed E-state index contributed by atoms with van der Waals surface area (Å²) in [6.07, 6.45) is 0. The molecule has 5 nitrogen and oxygen atoms in total. The molecule has 0 amide bonds. The quantitative estimate of drug-likeness (QED) is 0.550. The van der Waals surface area contributed by atoms with Gasteiger partial charge in [-0.1, -0.05) is 23.2 Å². The summed E-state index contributed by atoms with van der Waals surface area (Å²) in [6.45, 7) is -0.564. The largest absolute Gasteiger partial charge is 0.494 e. The van der Waals surface area contributed by atoms with Gasteiger partial charge in [0.2, 0.25) is 0 Å². The Labute approximate surface area is 153 Å². The topological polar surface area (TPSA) is 61.8 Å². The van der Waals surface area contributed by atoms with E-state index in [1.165, 1.54) is 38.5 Å². The van der Waals surface area contributed by atoms with E-state index in [0.717, 1.165) is 6.07 Å². The zero-order chi connectivity index (χ0) is 18.6. The maximum atomic E-state index is 13.6.